The average Bonchev–Trinajstić information content (AvgIpc) is 3.21. The summed E-state index contributed by atoms with van der Waals surface area (Å²) >= 11 is 0. The van der Waals surface area contributed by atoms with E-state index in [4.69, 9.17) is 0 Å². The van der Waals surface area contributed by atoms with E-state index >= 15 is 0 Å². The molecule has 0 aliphatic carbocycles. The normalized spacial score (nSPS) is 15.2. The number of nitro benzene ring substituents is 1. The number of rotatable bonds is 5. The molecule has 180 valence electrons. The van der Waals surface area contributed by atoms with Crippen LogP contribution in [0, 0.1) is 16.0 Å². The topological polar surface area (TPSA) is 106 Å². The molecule has 1 fully saturated rings. The van der Waals surface area contributed by atoms with E-state index in [1.807, 2.05) is 13.8 Å². The molecule has 0 spiro atoms. The predicted molar refractivity (Wildman–Crippen MR) is 120 cm³/mol. The summed E-state index contributed by atoms with van der Waals surface area (Å²) in [7, 11) is 0. The molecule has 1 aromatic carbocycles. The second-order valence-corrected chi connectivity index (χ2v) is 8.53. The maximum atomic E-state index is 13.0. The van der Waals surface area contributed by atoms with Crippen LogP contribution in [0.4, 0.5) is 30.2 Å². The number of hydrogen-bond donors (Lipinski definition) is 1. The van der Waals surface area contributed by atoms with E-state index in [2.05, 4.69) is 15.4 Å². The van der Waals surface area contributed by atoms with Crippen LogP contribution in [0.15, 0.2) is 36.7 Å². The summed E-state index contributed by atoms with van der Waals surface area (Å²) in [6, 6.07) is 4.47. The first-order chi connectivity index (χ1) is 16.0. The molecule has 3 aromatic rings. The van der Waals surface area contributed by atoms with E-state index < -0.39 is 22.4 Å². The Kier molecular flexibility index (Phi) is 6.15. The fourth-order valence-electron chi connectivity index (χ4n) is 4.13. The maximum Gasteiger partial charge on any atom is 0.416 e. The van der Waals surface area contributed by atoms with Gasteiger partial charge in [0.15, 0.2) is 5.65 Å². The average molecular weight is 476 g/mol. The zero-order chi connectivity index (χ0) is 24.6. The monoisotopic (exact) mass is 476 g/mol. The number of nitrogens with one attached hydrogen (secondary N) is 1. The quantitative estimate of drug-likeness (QED) is 0.419. The molecule has 0 unspecified atom stereocenters. The molecular weight excluding hydrogens is 453 g/mol. The van der Waals surface area contributed by atoms with Gasteiger partial charge in [-0.3, -0.25) is 14.9 Å². The number of piperidine rings is 1. The maximum absolute atomic E-state index is 13.0. The standard InChI is InChI=1S/C22H23F3N6O3/c1-13(2)30-20-15(11-27-30)9-17(12-26-20)28-21(32)14-5-7-29(8-6-14)18-4-3-16(22(23,24)25)10-19(18)31(33)34/h3-4,9-14H,5-8H2,1-2H3,(H,28,32). The summed E-state index contributed by atoms with van der Waals surface area (Å²) in [4.78, 5) is 29.4. The van der Waals surface area contributed by atoms with Gasteiger partial charge in [-0.1, -0.05) is 0 Å². The molecular formula is C22H23F3N6O3. The van der Waals surface area contributed by atoms with Gasteiger partial charge in [0.1, 0.15) is 5.69 Å². The van der Waals surface area contributed by atoms with Crippen molar-refractivity contribution in [2.45, 2.75) is 38.9 Å². The first-order valence-corrected chi connectivity index (χ1v) is 10.8. The third kappa shape index (κ3) is 4.66. The third-order valence-corrected chi connectivity index (χ3v) is 5.90. The van der Waals surface area contributed by atoms with Gasteiger partial charge in [-0.15, -0.1) is 0 Å². The lowest BCUT2D eigenvalue weighted by Crippen LogP contribution is -2.38. The molecule has 0 saturated carbocycles. The lowest BCUT2D eigenvalue weighted by atomic mass is 9.95. The number of amides is 1. The summed E-state index contributed by atoms with van der Waals surface area (Å²) in [5, 5.41) is 19.4. The Morgan fingerprint density at radius 3 is 2.53 bits per heavy atom. The van der Waals surface area contributed by atoms with Gasteiger partial charge in [-0.25, -0.2) is 9.67 Å². The molecule has 1 amide bonds. The Labute approximate surface area is 192 Å². The van der Waals surface area contributed by atoms with Crippen molar-refractivity contribution in [2.24, 2.45) is 5.92 Å². The number of benzene rings is 1. The molecule has 1 saturated heterocycles. The molecule has 0 radical (unpaired) electrons. The number of pyridine rings is 1. The van der Waals surface area contributed by atoms with Crippen molar-refractivity contribution in [3.8, 4) is 0 Å². The van der Waals surface area contributed by atoms with Crippen molar-refractivity contribution in [2.75, 3.05) is 23.3 Å². The largest absolute Gasteiger partial charge is 0.416 e. The number of fused-ring (bicyclic) bond motifs is 1. The lowest BCUT2D eigenvalue weighted by Gasteiger charge is -2.32. The number of carbonyl (C=O) groups excluding carboxylic acids is 1. The first kappa shape index (κ1) is 23.5. The number of carbonyl (C=O) groups is 1. The van der Waals surface area contributed by atoms with Gasteiger partial charge in [-0.2, -0.15) is 18.3 Å². The van der Waals surface area contributed by atoms with Crippen LogP contribution in [0.5, 0.6) is 0 Å². The highest BCUT2D eigenvalue weighted by Gasteiger charge is 2.35. The molecule has 9 nitrogen and oxygen atoms in total. The second kappa shape index (κ2) is 8.92. The van der Waals surface area contributed by atoms with Gasteiger partial charge in [0.25, 0.3) is 5.69 Å². The molecule has 4 rings (SSSR count). The number of aromatic nitrogens is 3. The fraction of sp³-hybridized carbons (Fsp3) is 0.409. The third-order valence-electron chi connectivity index (χ3n) is 5.90. The van der Waals surface area contributed by atoms with E-state index in [9.17, 15) is 28.1 Å². The van der Waals surface area contributed by atoms with Crippen LogP contribution in [0.2, 0.25) is 0 Å². The van der Waals surface area contributed by atoms with Gasteiger partial charge < -0.3 is 10.2 Å². The fourth-order valence-corrected chi connectivity index (χ4v) is 4.13. The van der Waals surface area contributed by atoms with E-state index in [0.29, 0.717) is 37.7 Å². The lowest BCUT2D eigenvalue weighted by molar-refractivity contribution is -0.384. The highest BCUT2D eigenvalue weighted by atomic mass is 19.4. The van der Waals surface area contributed by atoms with Gasteiger partial charge in [0, 0.05) is 36.5 Å². The molecule has 3 heterocycles. The van der Waals surface area contributed by atoms with E-state index in [-0.39, 0.29) is 23.6 Å². The first-order valence-electron chi connectivity index (χ1n) is 10.8. The van der Waals surface area contributed by atoms with Crippen molar-refractivity contribution in [3.63, 3.8) is 0 Å². The van der Waals surface area contributed by atoms with E-state index in [1.165, 1.54) is 0 Å². The minimum Gasteiger partial charge on any atom is -0.366 e. The molecule has 1 aliphatic heterocycles. The molecule has 2 aromatic heterocycles. The minimum absolute atomic E-state index is 0.119. The summed E-state index contributed by atoms with van der Waals surface area (Å²) in [6.07, 6.45) is -0.593. The molecule has 1 aliphatic rings. The Morgan fingerprint density at radius 2 is 1.91 bits per heavy atom. The van der Waals surface area contributed by atoms with Crippen LogP contribution in [0.1, 0.15) is 38.3 Å². The number of nitro groups is 1. The number of hydrogen-bond acceptors (Lipinski definition) is 6. The zero-order valence-corrected chi connectivity index (χ0v) is 18.5. The summed E-state index contributed by atoms with van der Waals surface area (Å²) in [5.41, 5.74) is -0.282. The van der Waals surface area contributed by atoms with Crippen molar-refractivity contribution in [3.05, 3.63) is 52.3 Å². The Hall–Kier alpha value is -3.70. The zero-order valence-electron chi connectivity index (χ0n) is 18.5. The molecule has 0 atom stereocenters. The van der Waals surface area contributed by atoms with E-state index in [1.54, 1.807) is 28.0 Å². The number of anilines is 2. The molecule has 12 heteroatoms. The van der Waals surface area contributed by atoms with Gasteiger partial charge in [-0.05, 0) is 44.9 Å². The highest BCUT2D eigenvalue weighted by molar-refractivity contribution is 5.94. The van der Waals surface area contributed by atoms with Crippen LogP contribution < -0.4 is 10.2 Å². The Morgan fingerprint density at radius 1 is 1.21 bits per heavy atom. The Bertz CT molecular complexity index is 1230. The van der Waals surface area contributed by atoms with Crippen molar-refractivity contribution in [1.82, 2.24) is 14.8 Å². The highest BCUT2D eigenvalue weighted by Crippen LogP contribution is 2.37. The van der Waals surface area contributed by atoms with Crippen molar-refractivity contribution < 1.29 is 22.9 Å². The van der Waals surface area contributed by atoms with Gasteiger partial charge in [0.05, 0.1) is 28.6 Å². The van der Waals surface area contributed by atoms with Crippen LogP contribution in [-0.2, 0) is 11.0 Å². The second-order valence-electron chi connectivity index (χ2n) is 8.53. The van der Waals surface area contributed by atoms with Crippen molar-refractivity contribution >= 4 is 34.0 Å². The predicted octanol–water partition coefficient (Wildman–Crippen LogP) is 4.79. The minimum atomic E-state index is -4.67. The van der Waals surface area contributed by atoms with Gasteiger partial charge >= 0.3 is 6.18 Å². The summed E-state index contributed by atoms with van der Waals surface area (Å²) in [5.74, 6) is -0.530. The van der Waals surface area contributed by atoms with Crippen LogP contribution in [0.25, 0.3) is 11.0 Å². The number of alkyl halides is 3. The van der Waals surface area contributed by atoms with Crippen LogP contribution in [0.3, 0.4) is 0 Å². The molecule has 1 N–H and O–H groups in total. The summed E-state index contributed by atoms with van der Waals surface area (Å²) < 4.78 is 40.7. The van der Waals surface area contributed by atoms with Crippen LogP contribution >= 0.6 is 0 Å². The SMILES string of the molecule is CC(C)n1ncc2cc(NC(=O)C3CCN(c4ccc(C(F)(F)F)cc4[N+](=O)[O-])CC3)cnc21. The molecule has 34 heavy (non-hydrogen) atoms. The van der Waals surface area contributed by atoms with Gasteiger partial charge in [0.2, 0.25) is 5.91 Å². The Balaban J connectivity index is 1.42. The van der Waals surface area contributed by atoms with Crippen LogP contribution in [-0.4, -0.2) is 38.7 Å². The smallest absolute Gasteiger partial charge is 0.366 e. The van der Waals surface area contributed by atoms with E-state index in [0.717, 1.165) is 23.2 Å². The molecule has 0 bridgehead atoms. The number of halogens is 3. The van der Waals surface area contributed by atoms with Crippen molar-refractivity contribution in [1.29, 1.82) is 0 Å². The number of nitrogens with zero attached hydrogens (tertiary/aromatic N) is 5. The summed E-state index contributed by atoms with van der Waals surface area (Å²) in [6.45, 7) is 4.61.